The number of hydrogen-bond acceptors (Lipinski definition) is 5. The molecule has 3 rings (SSSR count). The third-order valence-corrected chi connectivity index (χ3v) is 6.60. The van der Waals surface area contributed by atoms with Crippen molar-refractivity contribution in [2.24, 2.45) is 5.92 Å². The first kappa shape index (κ1) is 20.8. The van der Waals surface area contributed by atoms with Crippen molar-refractivity contribution in [2.45, 2.75) is 17.7 Å². The number of carbonyl (C=O) groups excluding carboxylic acids is 1. The lowest BCUT2D eigenvalue weighted by molar-refractivity contribution is -0.387. The maximum absolute atomic E-state index is 13.4. The molecule has 0 saturated carbocycles. The molecule has 1 saturated heterocycles. The van der Waals surface area contributed by atoms with Crippen molar-refractivity contribution in [3.8, 4) is 0 Å². The summed E-state index contributed by atoms with van der Waals surface area (Å²) in [6, 6.07) is 7.54. The summed E-state index contributed by atoms with van der Waals surface area (Å²) in [5.74, 6) is -2.48. The molecule has 1 fully saturated rings. The average molecular weight is 425 g/mol. The molecule has 2 aromatic carbocycles. The Hall–Kier alpha value is -2.92. The molecule has 0 spiro atoms. The molecule has 0 atom stereocenters. The Bertz CT molecular complexity index is 1040. The van der Waals surface area contributed by atoms with Gasteiger partial charge in [-0.3, -0.25) is 14.9 Å². The van der Waals surface area contributed by atoms with E-state index in [1.807, 2.05) is 0 Å². The topological polar surface area (TPSA) is 110 Å². The number of amides is 1. The normalized spacial score (nSPS) is 15.8. The quantitative estimate of drug-likeness (QED) is 0.585. The molecule has 29 heavy (non-hydrogen) atoms. The highest BCUT2D eigenvalue weighted by Crippen LogP contribution is 2.26. The molecule has 0 radical (unpaired) electrons. The molecule has 2 aromatic rings. The third-order valence-electron chi connectivity index (χ3n) is 4.69. The van der Waals surface area contributed by atoms with Gasteiger partial charge in [0.25, 0.3) is 0 Å². The molecule has 0 aromatic heterocycles. The van der Waals surface area contributed by atoms with Gasteiger partial charge in [0.1, 0.15) is 5.82 Å². The Balaban J connectivity index is 1.63. The van der Waals surface area contributed by atoms with Crippen LogP contribution >= 0.6 is 0 Å². The van der Waals surface area contributed by atoms with Crippen LogP contribution in [-0.2, 0) is 14.8 Å². The molecule has 154 valence electrons. The smallest absolute Gasteiger partial charge is 0.306 e. The summed E-state index contributed by atoms with van der Waals surface area (Å²) >= 11 is 0. The molecule has 8 nitrogen and oxygen atoms in total. The maximum Gasteiger partial charge on any atom is 0.306 e. The van der Waals surface area contributed by atoms with Gasteiger partial charge < -0.3 is 5.32 Å². The highest BCUT2D eigenvalue weighted by atomic mass is 32.2. The summed E-state index contributed by atoms with van der Waals surface area (Å²) < 4.78 is 52.8. The van der Waals surface area contributed by atoms with E-state index in [9.17, 15) is 32.1 Å². The molecule has 11 heteroatoms. The maximum atomic E-state index is 13.4. The van der Waals surface area contributed by atoms with E-state index in [4.69, 9.17) is 0 Å². The van der Waals surface area contributed by atoms with Crippen LogP contribution in [0, 0.1) is 27.7 Å². The highest BCUT2D eigenvalue weighted by molar-refractivity contribution is 7.89. The predicted molar refractivity (Wildman–Crippen MR) is 99.6 cm³/mol. The summed E-state index contributed by atoms with van der Waals surface area (Å²) in [6.07, 6.45) is 0.491. The Morgan fingerprint density at radius 1 is 1.10 bits per heavy atom. The van der Waals surface area contributed by atoms with Gasteiger partial charge in [0.2, 0.25) is 21.7 Å². The van der Waals surface area contributed by atoms with Crippen LogP contribution in [-0.4, -0.2) is 36.6 Å². The Morgan fingerprint density at radius 2 is 1.72 bits per heavy atom. The van der Waals surface area contributed by atoms with Gasteiger partial charge in [-0.1, -0.05) is 0 Å². The first-order valence-corrected chi connectivity index (χ1v) is 10.1. The van der Waals surface area contributed by atoms with Crippen molar-refractivity contribution in [3.63, 3.8) is 0 Å². The van der Waals surface area contributed by atoms with Crippen molar-refractivity contribution in [1.29, 1.82) is 0 Å². The Kier molecular flexibility index (Phi) is 5.89. The number of carbonyl (C=O) groups is 1. The van der Waals surface area contributed by atoms with E-state index in [1.54, 1.807) is 0 Å². The predicted octanol–water partition coefficient (Wildman–Crippen LogP) is 2.91. The van der Waals surface area contributed by atoms with Crippen LogP contribution in [0.4, 0.5) is 20.2 Å². The fourth-order valence-corrected chi connectivity index (χ4v) is 4.56. The van der Waals surface area contributed by atoms with E-state index in [0.717, 1.165) is 24.3 Å². The minimum Gasteiger partial charge on any atom is -0.326 e. The standard InChI is InChI=1S/C18H17F2N3O5S/c19-13-1-4-15(5-2-13)29(27,28)22-9-7-12(8-10-22)18(24)21-14-3-6-16(20)17(11-14)23(25)26/h1-6,11-12H,7-10H2,(H,21,24). The molecule has 1 N–H and O–H groups in total. The van der Waals surface area contributed by atoms with Crippen LogP contribution in [0.15, 0.2) is 47.4 Å². The van der Waals surface area contributed by atoms with Gasteiger partial charge in [0.15, 0.2) is 0 Å². The average Bonchev–Trinajstić information content (AvgIpc) is 2.69. The number of halogens is 2. The zero-order valence-corrected chi connectivity index (χ0v) is 15.9. The monoisotopic (exact) mass is 425 g/mol. The van der Waals surface area contributed by atoms with Crippen LogP contribution in [0.5, 0.6) is 0 Å². The Labute approximate surface area is 165 Å². The van der Waals surface area contributed by atoms with E-state index < -0.39 is 44.1 Å². The zero-order valence-electron chi connectivity index (χ0n) is 15.0. The summed E-state index contributed by atoms with van der Waals surface area (Å²) in [6.45, 7) is 0.197. The summed E-state index contributed by atoms with van der Waals surface area (Å²) in [4.78, 5) is 22.3. The SMILES string of the molecule is O=C(Nc1ccc(F)c([N+](=O)[O-])c1)C1CCN(S(=O)(=O)c2ccc(F)cc2)CC1. The van der Waals surface area contributed by atoms with Gasteiger partial charge in [0.05, 0.1) is 9.82 Å². The second-order valence-electron chi connectivity index (χ2n) is 6.54. The molecule has 1 heterocycles. The van der Waals surface area contributed by atoms with Crippen LogP contribution in [0.3, 0.4) is 0 Å². The number of nitrogens with zero attached hydrogens (tertiary/aromatic N) is 2. The first-order valence-electron chi connectivity index (χ1n) is 8.69. The fraction of sp³-hybridized carbons (Fsp3) is 0.278. The number of rotatable bonds is 5. The number of hydrogen-bond donors (Lipinski definition) is 1. The van der Waals surface area contributed by atoms with Crippen LogP contribution in [0.25, 0.3) is 0 Å². The van der Waals surface area contributed by atoms with Gasteiger partial charge >= 0.3 is 5.69 Å². The Morgan fingerprint density at radius 3 is 2.31 bits per heavy atom. The molecule has 0 unspecified atom stereocenters. The molecular weight excluding hydrogens is 408 g/mol. The van der Waals surface area contributed by atoms with E-state index in [-0.39, 0.29) is 36.5 Å². The fourth-order valence-electron chi connectivity index (χ4n) is 3.09. The van der Waals surface area contributed by atoms with Gasteiger partial charge in [-0.05, 0) is 49.2 Å². The number of sulfonamides is 1. The summed E-state index contributed by atoms with van der Waals surface area (Å²) in [5.41, 5.74) is -0.660. The minimum absolute atomic E-state index is 0.0274. The van der Waals surface area contributed by atoms with Crippen molar-refractivity contribution < 1.29 is 26.9 Å². The minimum atomic E-state index is -3.79. The highest BCUT2D eigenvalue weighted by Gasteiger charge is 2.32. The van der Waals surface area contributed by atoms with Gasteiger partial charge in [0, 0.05) is 30.8 Å². The number of anilines is 1. The lowest BCUT2D eigenvalue weighted by atomic mass is 9.97. The number of nitro groups is 1. The number of nitrogens with one attached hydrogen (secondary N) is 1. The van der Waals surface area contributed by atoms with Crippen LogP contribution < -0.4 is 5.32 Å². The van der Waals surface area contributed by atoms with Crippen molar-refractivity contribution >= 4 is 27.3 Å². The lowest BCUT2D eigenvalue weighted by Gasteiger charge is -2.30. The molecular formula is C18H17F2N3O5S. The van der Waals surface area contributed by atoms with Crippen molar-refractivity contribution in [2.75, 3.05) is 18.4 Å². The van der Waals surface area contributed by atoms with Crippen molar-refractivity contribution in [3.05, 3.63) is 64.2 Å². The molecule has 0 aliphatic carbocycles. The van der Waals surface area contributed by atoms with E-state index >= 15 is 0 Å². The number of piperidine rings is 1. The summed E-state index contributed by atoms with van der Waals surface area (Å²) in [5, 5.41) is 13.3. The van der Waals surface area contributed by atoms with Gasteiger partial charge in [-0.2, -0.15) is 8.70 Å². The lowest BCUT2D eigenvalue weighted by Crippen LogP contribution is -2.41. The third kappa shape index (κ3) is 4.57. The molecule has 1 amide bonds. The second kappa shape index (κ2) is 8.21. The molecule has 0 bridgehead atoms. The van der Waals surface area contributed by atoms with Crippen LogP contribution in [0.1, 0.15) is 12.8 Å². The first-order chi connectivity index (χ1) is 13.7. The van der Waals surface area contributed by atoms with E-state index in [1.165, 1.54) is 22.5 Å². The molecule has 1 aliphatic heterocycles. The second-order valence-corrected chi connectivity index (χ2v) is 8.48. The number of nitro benzene ring substituents is 1. The van der Waals surface area contributed by atoms with Crippen molar-refractivity contribution in [1.82, 2.24) is 4.31 Å². The van der Waals surface area contributed by atoms with E-state index in [0.29, 0.717) is 0 Å². The van der Waals surface area contributed by atoms with Gasteiger partial charge in [-0.25, -0.2) is 12.8 Å². The largest absolute Gasteiger partial charge is 0.326 e. The van der Waals surface area contributed by atoms with Crippen LogP contribution in [0.2, 0.25) is 0 Å². The zero-order chi connectivity index (χ0) is 21.2. The van der Waals surface area contributed by atoms with E-state index in [2.05, 4.69) is 5.32 Å². The summed E-state index contributed by atoms with van der Waals surface area (Å²) in [7, 11) is -3.79. The number of benzene rings is 2. The van der Waals surface area contributed by atoms with Gasteiger partial charge in [-0.15, -0.1) is 0 Å². The molecule has 1 aliphatic rings.